The quantitative estimate of drug-likeness (QED) is 0.855. The lowest BCUT2D eigenvalue weighted by molar-refractivity contribution is 0.0920. The normalized spacial score (nSPS) is 12.5. The van der Waals surface area contributed by atoms with Gasteiger partial charge in [-0.2, -0.15) is 0 Å². The van der Waals surface area contributed by atoms with Gasteiger partial charge in [0.15, 0.2) is 5.78 Å². The van der Waals surface area contributed by atoms with Gasteiger partial charge >= 0.3 is 0 Å². The zero-order valence-corrected chi connectivity index (χ0v) is 10.7. The molecule has 0 aliphatic carbocycles. The van der Waals surface area contributed by atoms with E-state index in [0.717, 1.165) is 22.0 Å². The molecule has 1 aromatic rings. The van der Waals surface area contributed by atoms with Crippen LogP contribution in [0.4, 0.5) is 0 Å². The third kappa shape index (κ3) is 2.89. The summed E-state index contributed by atoms with van der Waals surface area (Å²) in [5.74, 6) is 0.0943. The first kappa shape index (κ1) is 12.4. The van der Waals surface area contributed by atoms with Crippen molar-refractivity contribution in [2.75, 3.05) is 6.54 Å². The van der Waals surface area contributed by atoms with Crippen LogP contribution in [0, 0.1) is 12.8 Å². The molecular formula is C12H16BrNO. The van der Waals surface area contributed by atoms with Crippen LogP contribution in [0.1, 0.15) is 29.3 Å². The number of rotatable bonds is 4. The van der Waals surface area contributed by atoms with Crippen LogP contribution in [-0.2, 0) is 0 Å². The fourth-order valence-electron chi connectivity index (χ4n) is 1.54. The molecule has 2 nitrogen and oxygen atoms in total. The number of nitrogens with two attached hydrogens (primary N) is 1. The van der Waals surface area contributed by atoms with E-state index in [1.165, 1.54) is 0 Å². The predicted octanol–water partition coefficient (Wildman–Crippen LogP) is 2.93. The number of hydrogen-bond donors (Lipinski definition) is 1. The molecule has 1 unspecified atom stereocenters. The van der Waals surface area contributed by atoms with Crippen molar-refractivity contribution in [2.24, 2.45) is 11.7 Å². The minimum Gasteiger partial charge on any atom is -0.330 e. The van der Waals surface area contributed by atoms with Crippen LogP contribution >= 0.6 is 15.9 Å². The van der Waals surface area contributed by atoms with Crippen molar-refractivity contribution < 1.29 is 4.79 Å². The zero-order valence-electron chi connectivity index (χ0n) is 9.09. The lowest BCUT2D eigenvalue weighted by Gasteiger charge is -2.13. The van der Waals surface area contributed by atoms with Crippen LogP contribution in [0.15, 0.2) is 22.7 Å². The lowest BCUT2D eigenvalue weighted by atomic mass is 9.93. The number of Topliss-reactive ketones (excluding diaryl/α,β-unsaturated/α-hetero) is 1. The molecule has 0 saturated heterocycles. The van der Waals surface area contributed by atoms with E-state index in [9.17, 15) is 4.79 Å². The summed E-state index contributed by atoms with van der Waals surface area (Å²) >= 11 is 3.37. The molecule has 0 aliphatic rings. The Morgan fingerprint density at radius 1 is 1.53 bits per heavy atom. The Balaban J connectivity index is 3.04. The fourth-order valence-corrected chi connectivity index (χ4v) is 1.90. The molecule has 1 rings (SSSR count). The molecule has 82 valence electrons. The van der Waals surface area contributed by atoms with Crippen molar-refractivity contribution in [1.82, 2.24) is 0 Å². The maximum Gasteiger partial charge on any atom is 0.167 e. The molecule has 1 aromatic carbocycles. The molecule has 0 amide bonds. The number of aryl methyl sites for hydroxylation is 1. The summed E-state index contributed by atoms with van der Waals surface area (Å²) in [6, 6.07) is 5.76. The molecule has 0 radical (unpaired) electrons. The molecule has 0 aliphatic heterocycles. The largest absolute Gasteiger partial charge is 0.330 e. The van der Waals surface area contributed by atoms with Crippen molar-refractivity contribution in [2.45, 2.75) is 20.3 Å². The van der Waals surface area contributed by atoms with E-state index in [-0.39, 0.29) is 11.7 Å². The Hall–Kier alpha value is -0.670. The molecule has 0 heterocycles. The Labute approximate surface area is 99.0 Å². The summed E-state index contributed by atoms with van der Waals surface area (Å²) in [5.41, 5.74) is 7.37. The van der Waals surface area contributed by atoms with Crippen LogP contribution < -0.4 is 5.73 Å². The van der Waals surface area contributed by atoms with Gasteiger partial charge in [0.2, 0.25) is 0 Å². The van der Waals surface area contributed by atoms with Gasteiger partial charge in [0.1, 0.15) is 0 Å². The molecular weight excluding hydrogens is 254 g/mol. The van der Waals surface area contributed by atoms with Crippen molar-refractivity contribution in [3.05, 3.63) is 33.8 Å². The second kappa shape index (κ2) is 5.42. The molecule has 1 atom stereocenters. The van der Waals surface area contributed by atoms with Crippen molar-refractivity contribution in [3.63, 3.8) is 0 Å². The van der Waals surface area contributed by atoms with Crippen molar-refractivity contribution in [1.29, 1.82) is 0 Å². The van der Waals surface area contributed by atoms with Crippen molar-refractivity contribution >= 4 is 21.7 Å². The number of carbonyl (C=O) groups excluding carboxylic acids is 1. The van der Waals surface area contributed by atoms with E-state index in [1.807, 2.05) is 32.0 Å². The van der Waals surface area contributed by atoms with Gasteiger partial charge in [-0.1, -0.05) is 28.9 Å². The van der Waals surface area contributed by atoms with E-state index in [2.05, 4.69) is 15.9 Å². The summed E-state index contributed by atoms with van der Waals surface area (Å²) in [5, 5.41) is 0. The number of hydrogen-bond acceptors (Lipinski definition) is 2. The SMILES string of the molecule is CCC(CN)C(=O)c1cc(Br)ccc1C. The summed E-state index contributed by atoms with van der Waals surface area (Å²) in [6.45, 7) is 4.35. The van der Waals surface area contributed by atoms with E-state index in [1.54, 1.807) is 0 Å². The summed E-state index contributed by atoms with van der Waals surface area (Å²) in [6.07, 6.45) is 0.793. The molecule has 3 heteroatoms. The third-order valence-electron chi connectivity index (χ3n) is 2.61. The monoisotopic (exact) mass is 269 g/mol. The molecule has 0 saturated carbocycles. The van der Waals surface area contributed by atoms with Crippen LogP contribution in [0.25, 0.3) is 0 Å². The molecule has 0 bridgehead atoms. The topological polar surface area (TPSA) is 43.1 Å². The van der Waals surface area contributed by atoms with Gasteiger partial charge < -0.3 is 5.73 Å². The highest BCUT2D eigenvalue weighted by molar-refractivity contribution is 9.10. The van der Waals surface area contributed by atoms with Crippen LogP contribution in [0.3, 0.4) is 0 Å². The first-order valence-electron chi connectivity index (χ1n) is 5.10. The minimum absolute atomic E-state index is 0.0574. The first-order valence-corrected chi connectivity index (χ1v) is 5.89. The predicted molar refractivity (Wildman–Crippen MR) is 66.0 cm³/mol. The van der Waals surface area contributed by atoms with Gasteiger partial charge in [-0.25, -0.2) is 0 Å². The highest BCUT2D eigenvalue weighted by Gasteiger charge is 2.18. The Morgan fingerprint density at radius 3 is 2.73 bits per heavy atom. The van der Waals surface area contributed by atoms with Gasteiger partial charge in [-0.3, -0.25) is 4.79 Å². The highest BCUT2D eigenvalue weighted by atomic mass is 79.9. The average molecular weight is 270 g/mol. The maximum absolute atomic E-state index is 12.1. The molecule has 0 aromatic heterocycles. The van der Waals surface area contributed by atoms with Crippen LogP contribution in [0.5, 0.6) is 0 Å². The minimum atomic E-state index is -0.0574. The zero-order chi connectivity index (χ0) is 11.4. The van der Waals surface area contributed by atoms with E-state index in [4.69, 9.17) is 5.73 Å². The second-order valence-corrected chi connectivity index (χ2v) is 4.58. The Kier molecular flexibility index (Phi) is 4.48. The lowest BCUT2D eigenvalue weighted by Crippen LogP contribution is -2.23. The van der Waals surface area contributed by atoms with Gasteiger partial charge in [-0.15, -0.1) is 0 Å². The number of halogens is 1. The smallest absolute Gasteiger partial charge is 0.167 e. The van der Waals surface area contributed by atoms with Crippen molar-refractivity contribution in [3.8, 4) is 0 Å². The molecule has 15 heavy (non-hydrogen) atoms. The second-order valence-electron chi connectivity index (χ2n) is 3.66. The molecule has 0 fully saturated rings. The Bertz CT molecular complexity index is 359. The fraction of sp³-hybridized carbons (Fsp3) is 0.417. The van der Waals surface area contributed by atoms with Gasteiger partial charge in [0, 0.05) is 22.5 Å². The number of ketones is 1. The van der Waals surface area contributed by atoms with Gasteiger partial charge in [0.25, 0.3) is 0 Å². The molecule has 2 N–H and O–H groups in total. The van der Waals surface area contributed by atoms with E-state index < -0.39 is 0 Å². The van der Waals surface area contributed by atoms with Crippen LogP contribution in [-0.4, -0.2) is 12.3 Å². The number of benzene rings is 1. The summed E-state index contributed by atoms with van der Waals surface area (Å²) in [4.78, 5) is 12.1. The third-order valence-corrected chi connectivity index (χ3v) is 3.11. The average Bonchev–Trinajstić information content (AvgIpc) is 2.23. The van der Waals surface area contributed by atoms with Gasteiger partial charge in [-0.05, 0) is 31.0 Å². The molecule has 0 spiro atoms. The van der Waals surface area contributed by atoms with E-state index in [0.29, 0.717) is 6.54 Å². The van der Waals surface area contributed by atoms with Crippen LogP contribution in [0.2, 0.25) is 0 Å². The maximum atomic E-state index is 12.1. The van der Waals surface area contributed by atoms with Gasteiger partial charge in [0.05, 0.1) is 0 Å². The van der Waals surface area contributed by atoms with E-state index >= 15 is 0 Å². The first-order chi connectivity index (χ1) is 7.10. The summed E-state index contributed by atoms with van der Waals surface area (Å²) < 4.78 is 0.934. The summed E-state index contributed by atoms with van der Waals surface area (Å²) in [7, 11) is 0. The standard InChI is InChI=1S/C12H16BrNO/c1-3-9(7-14)12(15)11-6-10(13)5-4-8(11)2/h4-6,9H,3,7,14H2,1-2H3. The highest BCUT2D eigenvalue weighted by Crippen LogP contribution is 2.20. The number of carbonyl (C=O) groups is 1. The Morgan fingerprint density at radius 2 is 2.20 bits per heavy atom.